The van der Waals surface area contributed by atoms with Gasteiger partial charge in [0.15, 0.2) is 0 Å². The Bertz CT molecular complexity index is 772. The van der Waals surface area contributed by atoms with E-state index in [1.807, 2.05) is 47.8 Å². The van der Waals surface area contributed by atoms with Gasteiger partial charge >= 0.3 is 0 Å². The van der Waals surface area contributed by atoms with Gasteiger partial charge < -0.3 is 10.6 Å². The van der Waals surface area contributed by atoms with Gasteiger partial charge in [-0.1, -0.05) is 0 Å². The topological polar surface area (TPSA) is 46.6 Å². The number of rotatable bonds is 2. The minimum absolute atomic E-state index is 0.657. The lowest BCUT2D eigenvalue weighted by molar-refractivity contribution is 1.09. The van der Waals surface area contributed by atoms with Crippen LogP contribution in [0.25, 0.3) is 16.2 Å². The number of nitrogen functional groups attached to an aromatic ring is 1. The molecule has 0 fully saturated rings. The van der Waals surface area contributed by atoms with E-state index in [-0.39, 0.29) is 0 Å². The lowest BCUT2D eigenvalue weighted by Crippen LogP contribution is -2.09. The Kier molecular flexibility index (Phi) is 3.51. The van der Waals surface area contributed by atoms with Gasteiger partial charge in [-0.3, -0.25) is 4.40 Å². The standard InChI is InChI=1S/C13H12Br2N4S/c1-18(2)7-3-4-10-17-11(13(16)19(10)6-7)9-5-8(14)12(15)20-9/h3-6H,16H2,1-2H3. The Balaban J connectivity index is 2.20. The smallest absolute Gasteiger partial charge is 0.139 e. The maximum Gasteiger partial charge on any atom is 0.139 e. The minimum Gasteiger partial charge on any atom is -0.383 e. The molecule has 0 aliphatic rings. The minimum atomic E-state index is 0.657. The van der Waals surface area contributed by atoms with E-state index in [2.05, 4.69) is 36.8 Å². The van der Waals surface area contributed by atoms with Crippen molar-refractivity contribution in [1.29, 1.82) is 0 Å². The Hall–Kier alpha value is -1.05. The molecule has 0 aliphatic carbocycles. The van der Waals surface area contributed by atoms with Gasteiger partial charge in [-0.15, -0.1) is 11.3 Å². The maximum atomic E-state index is 6.26. The highest BCUT2D eigenvalue weighted by Crippen LogP contribution is 2.40. The SMILES string of the molecule is CN(C)c1ccc2nc(-c3cc(Br)c(Br)s3)c(N)n2c1. The molecule has 0 aromatic carbocycles. The summed E-state index contributed by atoms with van der Waals surface area (Å²) in [6, 6.07) is 6.04. The summed E-state index contributed by atoms with van der Waals surface area (Å²) in [7, 11) is 4.01. The second-order valence-corrected chi connectivity index (χ2v) is 7.81. The molecular formula is C13H12Br2N4S. The number of pyridine rings is 1. The third kappa shape index (κ3) is 2.23. The van der Waals surface area contributed by atoms with Crippen LogP contribution in [-0.4, -0.2) is 23.5 Å². The molecule has 0 aliphatic heterocycles. The van der Waals surface area contributed by atoms with Crippen LogP contribution in [-0.2, 0) is 0 Å². The van der Waals surface area contributed by atoms with Gasteiger partial charge in [0.25, 0.3) is 0 Å². The first-order valence-corrected chi connectivity index (χ1v) is 8.27. The molecular weight excluding hydrogens is 404 g/mol. The van der Waals surface area contributed by atoms with Crippen molar-refractivity contribution in [2.45, 2.75) is 0 Å². The van der Waals surface area contributed by atoms with Crippen LogP contribution in [0.1, 0.15) is 0 Å². The molecule has 104 valence electrons. The fraction of sp³-hybridized carbons (Fsp3) is 0.154. The van der Waals surface area contributed by atoms with E-state index in [1.54, 1.807) is 11.3 Å². The molecule has 0 spiro atoms. The highest BCUT2D eigenvalue weighted by molar-refractivity contribution is 9.13. The van der Waals surface area contributed by atoms with Crippen LogP contribution in [0, 0.1) is 0 Å². The lowest BCUT2D eigenvalue weighted by atomic mass is 10.3. The first kappa shape index (κ1) is 13.9. The summed E-state index contributed by atoms with van der Waals surface area (Å²) in [5.74, 6) is 0.657. The second-order valence-electron chi connectivity index (χ2n) is 4.59. The van der Waals surface area contributed by atoms with Crippen LogP contribution < -0.4 is 10.6 Å². The predicted octanol–water partition coefficient (Wildman–Crippen LogP) is 4.24. The summed E-state index contributed by atoms with van der Waals surface area (Å²) in [6.07, 6.45) is 2.00. The molecule has 3 heterocycles. The van der Waals surface area contributed by atoms with E-state index in [9.17, 15) is 0 Å². The van der Waals surface area contributed by atoms with Gasteiger partial charge in [-0.05, 0) is 50.1 Å². The first-order chi connectivity index (χ1) is 9.47. The summed E-state index contributed by atoms with van der Waals surface area (Å²) in [5.41, 5.74) is 9.01. The van der Waals surface area contributed by atoms with Gasteiger partial charge in [-0.25, -0.2) is 4.98 Å². The highest BCUT2D eigenvalue weighted by atomic mass is 79.9. The van der Waals surface area contributed by atoms with Crippen LogP contribution in [0.5, 0.6) is 0 Å². The maximum absolute atomic E-state index is 6.26. The Morgan fingerprint density at radius 1 is 1.30 bits per heavy atom. The number of hydrogen-bond acceptors (Lipinski definition) is 4. The number of fused-ring (bicyclic) bond motifs is 1. The summed E-state index contributed by atoms with van der Waals surface area (Å²) in [6.45, 7) is 0. The number of imidazole rings is 1. The molecule has 0 bridgehead atoms. The van der Waals surface area contributed by atoms with Crippen molar-refractivity contribution in [3.05, 3.63) is 32.7 Å². The van der Waals surface area contributed by atoms with Gasteiger partial charge in [0.2, 0.25) is 0 Å². The largest absolute Gasteiger partial charge is 0.383 e. The average molecular weight is 416 g/mol. The van der Waals surface area contributed by atoms with E-state index in [1.165, 1.54) is 0 Å². The van der Waals surface area contributed by atoms with Crippen molar-refractivity contribution >= 4 is 60.3 Å². The number of nitrogens with zero attached hydrogens (tertiary/aromatic N) is 3. The van der Waals surface area contributed by atoms with Gasteiger partial charge in [0, 0.05) is 24.8 Å². The zero-order valence-electron chi connectivity index (χ0n) is 10.9. The molecule has 20 heavy (non-hydrogen) atoms. The fourth-order valence-electron chi connectivity index (χ4n) is 1.96. The molecule has 4 nitrogen and oxygen atoms in total. The van der Waals surface area contributed by atoms with Crippen molar-refractivity contribution in [1.82, 2.24) is 9.38 Å². The van der Waals surface area contributed by atoms with Crippen molar-refractivity contribution in [2.24, 2.45) is 0 Å². The number of halogens is 2. The first-order valence-electron chi connectivity index (χ1n) is 5.87. The molecule has 3 aromatic heterocycles. The second kappa shape index (κ2) is 5.05. The van der Waals surface area contributed by atoms with Crippen molar-refractivity contribution in [3.8, 4) is 10.6 Å². The zero-order valence-corrected chi connectivity index (χ0v) is 14.9. The molecule has 0 unspecified atom stereocenters. The summed E-state index contributed by atoms with van der Waals surface area (Å²) < 4.78 is 3.98. The predicted molar refractivity (Wildman–Crippen MR) is 92.6 cm³/mol. The molecule has 0 saturated carbocycles. The van der Waals surface area contributed by atoms with Crippen LogP contribution in [0.4, 0.5) is 11.5 Å². The van der Waals surface area contributed by atoms with Gasteiger partial charge in [0.1, 0.15) is 17.2 Å². The average Bonchev–Trinajstić information content (AvgIpc) is 2.91. The van der Waals surface area contributed by atoms with E-state index in [0.29, 0.717) is 5.82 Å². The summed E-state index contributed by atoms with van der Waals surface area (Å²) in [5, 5.41) is 0. The number of thiophene rings is 1. The monoisotopic (exact) mass is 414 g/mol. The third-order valence-electron chi connectivity index (χ3n) is 3.03. The van der Waals surface area contributed by atoms with Crippen LogP contribution >= 0.6 is 43.2 Å². The van der Waals surface area contributed by atoms with E-state index in [4.69, 9.17) is 5.73 Å². The number of nitrogens with two attached hydrogens (primary N) is 1. The summed E-state index contributed by atoms with van der Waals surface area (Å²) in [4.78, 5) is 7.70. The van der Waals surface area contributed by atoms with Gasteiger partial charge in [-0.2, -0.15) is 0 Å². The normalized spacial score (nSPS) is 11.2. The molecule has 2 N–H and O–H groups in total. The molecule has 0 atom stereocenters. The molecule has 0 amide bonds. The molecule has 7 heteroatoms. The highest BCUT2D eigenvalue weighted by Gasteiger charge is 2.15. The summed E-state index contributed by atoms with van der Waals surface area (Å²) >= 11 is 8.61. The van der Waals surface area contributed by atoms with Gasteiger partial charge in [0.05, 0.1) is 14.4 Å². The van der Waals surface area contributed by atoms with Crippen LogP contribution in [0.15, 0.2) is 32.7 Å². The Labute approximate surface area is 137 Å². The van der Waals surface area contributed by atoms with Crippen LogP contribution in [0.2, 0.25) is 0 Å². The zero-order chi connectivity index (χ0) is 14.4. The Morgan fingerprint density at radius 2 is 2.05 bits per heavy atom. The molecule has 0 radical (unpaired) electrons. The quantitative estimate of drug-likeness (QED) is 0.680. The van der Waals surface area contributed by atoms with E-state index >= 15 is 0 Å². The van der Waals surface area contributed by atoms with E-state index < -0.39 is 0 Å². The lowest BCUT2D eigenvalue weighted by Gasteiger charge is -2.12. The van der Waals surface area contributed by atoms with Crippen molar-refractivity contribution in [2.75, 3.05) is 24.7 Å². The van der Waals surface area contributed by atoms with E-state index in [0.717, 1.165) is 30.2 Å². The molecule has 3 rings (SSSR count). The Morgan fingerprint density at radius 3 is 2.65 bits per heavy atom. The van der Waals surface area contributed by atoms with Crippen LogP contribution in [0.3, 0.4) is 0 Å². The number of anilines is 2. The number of aromatic nitrogens is 2. The molecule has 0 saturated heterocycles. The fourth-order valence-corrected chi connectivity index (χ4v) is 3.99. The molecule has 3 aromatic rings. The van der Waals surface area contributed by atoms with Crippen molar-refractivity contribution < 1.29 is 0 Å². The van der Waals surface area contributed by atoms with Crippen molar-refractivity contribution in [3.63, 3.8) is 0 Å². The third-order valence-corrected chi connectivity index (χ3v) is 6.30. The number of hydrogen-bond donors (Lipinski definition) is 1.